The molecule has 2 rings (SSSR count). The average molecular weight is 236 g/mol. The lowest BCUT2D eigenvalue weighted by atomic mass is 10.1. The summed E-state index contributed by atoms with van der Waals surface area (Å²) in [5, 5.41) is 0. The van der Waals surface area contributed by atoms with Crippen molar-refractivity contribution in [2.24, 2.45) is 0 Å². The van der Waals surface area contributed by atoms with Crippen molar-refractivity contribution in [3.05, 3.63) is 41.7 Å². The van der Waals surface area contributed by atoms with Gasteiger partial charge in [0.15, 0.2) is 6.29 Å². The van der Waals surface area contributed by atoms with E-state index in [-0.39, 0.29) is 12.1 Å². The largest absolute Gasteiger partial charge is 0.350 e. The molecule has 0 spiro atoms. The first-order valence-corrected chi connectivity index (χ1v) is 5.91. The van der Waals surface area contributed by atoms with E-state index in [0.29, 0.717) is 31.6 Å². The number of hydrogen-bond acceptors (Lipinski definition) is 2. The second-order valence-corrected chi connectivity index (χ2v) is 4.11. The van der Waals surface area contributed by atoms with Crippen LogP contribution >= 0.6 is 0 Å². The predicted octanol–water partition coefficient (Wildman–Crippen LogP) is 3.54. The van der Waals surface area contributed by atoms with Crippen LogP contribution in [0.4, 0.5) is 4.39 Å². The molecule has 0 unspecified atom stereocenters. The second-order valence-electron chi connectivity index (χ2n) is 4.11. The van der Waals surface area contributed by atoms with Gasteiger partial charge in [-0.15, -0.1) is 0 Å². The minimum Gasteiger partial charge on any atom is -0.350 e. The van der Waals surface area contributed by atoms with Gasteiger partial charge in [-0.25, -0.2) is 4.39 Å². The molecular formula is C14H17FO2. The fourth-order valence-electron chi connectivity index (χ4n) is 1.85. The van der Waals surface area contributed by atoms with Crippen molar-refractivity contribution in [2.75, 3.05) is 13.2 Å². The van der Waals surface area contributed by atoms with Gasteiger partial charge in [0.05, 0.1) is 13.2 Å². The Hall–Kier alpha value is -1.19. The van der Waals surface area contributed by atoms with Crippen LogP contribution in [0.25, 0.3) is 5.57 Å². The zero-order chi connectivity index (χ0) is 12.1. The number of benzene rings is 1. The van der Waals surface area contributed by atoms with E-state index in [1.165, 1.54) is 0 Å². The fourth-order valence-corrected chi connectivity index (χ4v) is 1.85. The predicted molar refractivity (Wildman–Crippen MR) is 65.1 cm³/mol. The Kier molecular flexibility index (Phi) is 4.29. The Morgan fingerprint density at radius 3 is 2.53 bits per heavy atom. The topological polar surface area (TPSA) is 18.5 Å². The average Bonchev–Trinajstić information content (AvgIpc) is 2.89. The first-order valence-electron chi connectivity index (χ1n) is 5.91. The minimum atomic E-state index is -0.232. The SMILES string of the molecule is C/C(=C(/F)CCC1OCCO1)c1ccccc1. The molecule has 1 saturated heterocycles. The molecule has 1 aromatic carbocycles. The summed E-state index contributed by atoms with van der Waals surface area (Å²) >= 11 is 0. The van der Waals surface area contributed by atoms with Gasteiger partial charge in [-0.2, -0.15) is 0 Å². The lowest BCUT2D eigenvalue weighted by molar-refractivity contribution is -0.0468. The van der Waals surface area contributed by atoms with E-state index in [0.717, 1.165) is 5.56 Å². The number of halogens is 1. The zero-order valence-electron chi connectivity index (χ0n) is 9.99. The van der Waals surface area contributed by atoms with Gasteiger partial charge in [-0.3, -0.25) is 0 Å². The highest BCUT2D eigenvalue weighted by Gasteiger charge is 2.16. The molecule has 0 saturated carbocycles. The van der Waals surface area contributed by atoms with E-state index >= 15 is 0 Å². The van der Waals surface area contributed by atoms with Gasteiger partial charge in [0, 0.05) is 12.8 Å². The van der Waals surface area contributed by atoms with Crippen LogP contribution in [-0.4, -0.2) is 19.5 Å². The summed E-state index contributed by atoms with van der Waals surface area (Å²) in [6.45, 7) is 3.04. The summed E-state index contributed by atoms with van der Waals surface area (Å²) in [6, 6.07) is 9.58. The van der Waals surface area contributed by atoms with Crippen LogP contribution in [0.5, 0.6) is 0 Å². The van der Waals surface area contributed by atoms with Crippen molar-refractivity contribution in [3.63, 3.8) is 0 Å². The van der Waals surface area contributed by atoms with E-state index in [9.17, 15) is 4.39 Å². The van der Waals surface area contributed by atoms with Crippen LogP contribution in [0.1, 0.15) is 25.3 Å². The highest BCUT2D eigenvalue weighted by Crippen LogP contribution is 2.24. The lowest BCUT2D eigenvalue weighted by Crippen LogP contribution is -2.07. The second kappa shape index (κ2) is 5.94. The minimum absolute atomic E-state index is 0.0877. The molecule has 0 bridgehead atoms. The molecule has 1 aromatic rings. The Morgan fingerprint density at radius 1 is 1.24 bits per heavy atom. The summed E-state index contributed by atoms with van der Waals surface area (Å²) in [4.78, 5) is 0. The van der Waals surface area contributed by atoms with Crippen LogP contribution in [0.3, 0.4) is 0 Å². The quantitative estimate of drug-likeness (QED) is 0.796. The van der Waals surface area contributed by atoms with Gasteiger partial charge in [-0.05, 0) is 18.1 Å². The molecule has 3 heteroatoms. The zero-order valence-corrected chi connectivity index (χ0v) is 9.99. The Balaban J connectivity index is 1.95. The first-order chi connectivity index (χ1) is 8.27. The van der Waals surface area contributed by atoms with Crippen molar-refractivity contribution in [2.45, 2.75) is 26.1 Å². The molecule has 0 amide bonds. The van der Waals surface area contributed by atoms with Crippen molar-refractivity contribution in [3.8, 4) is 0 Å². The normalized spacial score (nSPS) is 18.2. The maximum atomic E-state index is 13.9. The van der Waals surface area contributed by atoms with Crippen LogP contribution in [-0.2, 0) is 9.47 Å². The van der Waals surface area contributed by atoms with Crippen molar-refractivity contribution in [1.82, 2.24) is 0 Å². The number of hydrogen-bond donors (Lipinski definition) is 0. The summed E-state index contributed by atoms with van der Waals surface area (Å²) < 4.78 is 24.5. The van der Waals surface area contributed by atoms with Crippen LogP contribution < -0.4 is 0 Å². The smallest absolute Gasteiger partial charge is 0.158 e. The molecule has 0 aliphatic carbocycles. The van der Waals surface area contributed by atoms with Gasteiger partial charge in [0.2, 0.25) is 0 Å². The summed E-state index contributed by atoms with van der Waals surface area (Å²) in [5.74, 6) is -0.0877. The molecule has 17 heavy (non-hydrogen) atoms. The van der Waals surface area contributed by atoms with Crippen LogP contribution in [0.15, 0.2) is 36.2 Å². The van der Waals surface area contributed by atoms with Crippen molar-refractivity contribution < 1.29 is 13.9 Å². The highest BCUT2D eigenvalue weighted by molar-refractivity contribution is 5.65. The molecule has 1 aliphatic rings. The summed E-state index contributed by atoms with van der Waals surface area (Å²) in [5.41, 5.74) is 1.63. The third-order valence-corrected chi connectivity index (χ3v) is 2.90. The standard InChI is InChI=1S/C14H17FO2/c1-11(12-5-3-2-4-6-12)13(15)7-8-14-16-9-10-17-14/h2-6,14H,7-10H2,1H3/b13-11-. The Morgan fingerprint density at radius 2 is 1.88 bits per heavy atom. The third kappa shape index (κ3) is 3.38. The maximum absolute atomic E-state index is 13.9. The molecule has 1 fully saturated rings. The molecule has 2 nitrogen and oxygen atoms in total. The number of rotatable bonds is 4. The molecule has 0 aromatic heterocycles. The fraction of sp³-hybridized carbons (Fsp3) is 0.429. The number of ether oxygens (including phenoxy) is 2. The first kappa shape index (κ1) is 12.3. The Bertz CT molecular complexity index is 380. The van der Waals surface area contributed by atoms with Gasteiger partial charge in [0.1, 0.15) is 5.83 Å². The molecular weight excluding hydrogens is 219 g/mol. The van der Waals surface area contributed by atoms with E-state index in [2.05, 4.69) is 0 Å². The van der Waals surface area contributed by atoms with Crippen molar-refractivity contribution in [1.29, 1.82) is 0 Å². The van der Waals surface area contributed by atoms with Gasteiger partial charge < -0.3 is 9.47 Å². The molecule has 92 valence electrons. The molecule has 1 heterocycles. The number of allylic oxidation sites excluding steroid dienone is 2. The van der Waals surface area contributed by atoms with Crippen LogP contribution in [0.2, 0.25) is 0 Å². The van der Waals surface area contributed by atoms with E-state index < -0.39 is 0 Å². The molecule has 0 atom stereocenters. The van der Waals surface area contributed by atoms with E-state index in [1.54, 1.807) is 6.92 Å². The van der Waals surface area contributed by atoms with Crippen LogP contribution in [0, 0.1) is 0 Å². The lowest BCUT2D eigenvalue weighted by Gasteiger charge is -2.09. The molecule has 1 aliphatic heterocycles. The van der Waals surface area contributed by atoms with Crippen molar-refractivity contribution >= 4 is 5.57 Å². The molecule has 0 N–H and O–H groups in total. The monoisotopic (exact) mass is 236 g/mol. The maximum Gasteiger partial charge on any atom is 0.158 e. The molecule has 0 radical (unpaired) electrons. The Labute approximate surface area is 101 Å². The summed E-state index contributed by atoms with van der Waals surface area (Å²) in [6.07, 6.45) is 0.714. The van der Waals surface area contributed by atoms with E-state index in [1.807, 2.05) is 30.3 Å². The highest BCUT2D eigenvalue weighted by atomic mass is 19.1. The third-order valence-electron chi connectivity index (χ3n) is 2.90. The summed E-state index contributed by atoms with van der Waals surface area (Å²) in [7, 11) is 0. The van der Waals surface area contributed by atoms with Gasteiger partial charge in [0.25, 0.3) is 0 Å². The van der Waals surface area contributed by atoms with E-state index in [4.69, 9.17) is 9.47 Å². The van der Waals surface area contributed by atoms with Gasteiger partial charge in [-0.1, -0.05) is 30.3 Å². The van der Waals surface area contributed by atoms with Gasteiger partial charge >= 0.3 is 0 Å².